The van der Waals surface area contributed by atoms with Gasteiger partial charge in [0.2, 0.25) is 0 Å². The van der Waals surface area contributed by atoms with Crippen LogP contribution in [0, 0.1) is 17.3 Å². The summed E-state index contributed by atoms with van der Waals surface area (Å²) in [7, 11) is 0. The lowest BCUT2D eigenvalue weighted by Gasteiger charge is -2.39. The number of phenols is 1. The molecule has 0 heterocycles. The Balaban J connectivity index is 1.94. The Kier molecular flexibility index (Phi) is 4.24. The zero-order valence-electron chi connectivity index (χ0n) is 14.2. The Hall–Kier alpha value is -1.02. The fourth-order valence-electron chi connectivity index (χ4n) is 4.74. The van der Waals surface area contributed by atoms with Crippen LogP contribution in [0.1, 0.15) is 69.9 Å². The van der Waals surface area contributed by atoms with Crippen molar-refractivity contribution < 1.29 is 10.2 Å². The quantitative estimate of drug-likeness (QED) is 0.733. The average Bonchev–Trinajstić information content (AvgIpc) is 2.50. The predicted octanol–water partition coefficient (Wildman–Crippen LogP) is 4.64. The monoisotopic (exact) mass is 302 g/mol. The first-order valence-corrected chi connectivity index (χ1v) is 8.88. The lowest BCUT2D eigenvalue weighted by atomic mass is 9.66. The number of hydrogen-bond donors (Lipinski definition) is 2. The van der Waals surface area contributed by atoms with Crippen molar-refractivity contribution >= 4 is 0 Å². The molecule has 0 aromatic heterocycles. The number of benzene rings is 1. The van der Waals surface area contributed by atoms with Crippen LogP contribution in [0.4, 0.5) is 0 Å². The van der Waals surface area contributed by atoms with E-state index in [1.54, 1.807) is 0 Å². The maximum absolute atomic E-state index is 10.5. The molecule has 4 atom stereocenters. The molecule has 1 aromatic rings. The molecule has 0 spiro atoms. The topological polar surface area (TPSA) is 40.5 Å². The van der Waals surface area contributed by atoms with E-state index in [1.807, 2.05) is 12.1 Å². The lowest BCUT2D eigenvalue weighted by Crippen LogP contribution is -2.30. The molecular formula is C20H30O2. The first kappa shape index (κ1) is 15.9. The summed E-state index contributed by atoms with van der Waals surface area (Å²) in [6.07, 6.45) is 6.41. The first-order chi connectivity index (χ1) is 10.4. The van der Waals surface area contributed by atoms with E-state index in [2.05, 4.69) is 26.8 Å². The molecule has 0 aliphatic heterocycles. The lowest BCUT2D eigenvalue weighted by molar-refractivity contribution is 0.0356. The van der Waals surface area contributed by atoms with Gasteiger partial charge in [-0.3, -0.25) is 0 Å². The second kappa shape index (κ2) is 5.88. The fourth-order valence-corrected chi connectivity index (χ4v) is 4.74. The normalized spacial score (nSPS) is 34.7. The van der Waals surface area contributed by atoms with E-state index in [9.17, 15) is 10.2 Å². The number of aromatic hydroxyl groups is 1. The molecule has 2 nitrogen and oxygen atoms in total. The minimum Gasteiger partial charge on any atom is -0.508 e. The fraction of sp³-hybridized carbons (Fsp3) is 0.700. The van der Waals surface area contributed by atoms with Gasteiger partial charge in [-0.05, 0) is 78.5 Å². The molecule has 2 N–H and O–H groups in total. The van der Waals surface area contributed by atoms with Crippen molar-refractivity contribution in [2.24, 2.45) is 17.3 Å². The van der Waals surface area contributed by atoms with Crippen molar-refractivity contribution in [3.63, 3.8) is 0 Å². The van der Waals surface area contributed by atoms with E-state index >= 15 is 0 Å². The van der Waals surface area contributed by atoms with Gasteiger partial charge in [0, 0.05) is 0 Å². The standard InChI is InChI=1S/C20H30O2/c1-13-11-14-12-15(21)7-8-17(14)18-9-10-20(2,3)19(22)6-4-5-16(13)18/h7-8,12-13,16,18-19,21-22H,4-6,9-11H2,1-3H3/t13-,16?,18?,19?/m1/s1. The van der Waals surface area contributed by atoms with Crippen LogP contribution in [0.5, 0.6) is 5.75 Å². The summed E-state index contributed by atoms with van der Waals surface area (Å²) in [5.74, 6) is 2.36. The molecule has 1 saturated carbocycles. The summed E-state index contributed by atoms with van der Waals surface area (Å²) in [5.41, 5.74) is 2.80. The summed E-state index contributed by atoms with van der Waals surface area (Å²) < 4.78 is 0. The van der Waals surface area contributed by atoms with Gasteiger partial charge in [0.05, 0.1) is 6.10 Å². The highest BCUT2D eigenvalue weighted by molar-refractivity contribution is 5.39. The smallest absolute Gasteiger partial charge is 0.115 e. The second-order valence-corrected chi connectivity index (χ2v) is 8.31. The first-order valence-electron chi connectivity index (χ1n) is 8.88. The molecule has 3 rings (SSSR count). The van der Waals surface area contributed by atoms with Gasteiger partial charge in [0.25, 0.3) is 0 Å². The van der Waals surface area contributed by atoms with Crippen LogP contribution in [-0.2, 0) is 6.42 Å². The van der Waals surface area contributed by atoms with Gasteiger partial charge in [-0.15, -0.1) is 0 Å². The Morgan fingerprint density at radius 1 is 1.14 bits per heavy atom. The predicted molar refractivity (Wildman–Crippen MR) is 90.1 cm³/mol. The molecule has 2 aliphatic rings. The summed E-state index contributed by atoms with van der Waals surface area (Å²) in [6.45, 7) is 6.79. The molecular weight excluding hydrogens is 272 g/mol. The van der Waals surface area contributed by atoms with Gasteiger partial charge in [0.1, 0.15) is 5.75 Å². The van der Waals surface area contributed by atoms with Crippen LogP contribution in [0.25, 0.3) is 0 Å². The molecule has 122 valence electrons. The number of fused-ring (bicyclic) bond motifs is 3. The van der Waals surface area contributed by atoms with E-state index in [-0.39, 0.29) is 11.5 Å². The molecule has 2 aliphatic carbocycles. The van der Waals surface area contributed by atoms with E-state index in [0.717, 1.165) is 38.0 Å². The Morgan fingerprint density at radius 2 is 1.91 bits per heavy atom. The van der Waals surface area contributed by atoms with Crippen LogP contribution in [-0.4, -0.2) is 16.3 Å². The minimum absolute atomic E-state index is 0.00660. The third kappa shape index (κ3) is 2.90. The van der Waals surface area contributed by atoms with Crippen LogP contribution in [0.2, 0.25) is 0 Å². The molecule has 2 heteroatoms. The molecule has 3 unspecified atom stereocenters. The van der Waals surface area contributed by atoms with Crippen molar-refractivity contribution in [3.05, 3.63) is 29.3 Å². The molecule has 0 amide bonds. The van der Waals surface area contributed by atoms with E-state index in [0.29, 0.717) is 17.6 Å². The van der Waals surface area contributed by atoms with Crippen molar-refractivity contribution in [1.29, 1.82) is 0 Å². The molecule has 0 radical (unpaired) electrons. The maximum Gasteiger partial charge on any atom is 0.115 e. The number of phenolic OH excluding ortho intramolecular Hbond substituents is 1. The van der Waals surface area contributed by atoms with E-state index in [1.165, 1.54) is 17.5 Å². The highest BCUT2D eigenvalue weighted by Gasteiger charge is 2.38. The van der Waals surface area contributed by atoms with Gasteiger partial charge < -0.3 is 10.2 Å². The number of hydrogen-bond acceptors (Lipinski definition) is 2. The summed E-state index contributed by atoms with van der Waals surface area (Å²) in [4.78, 5) is 0. The van der Waals surface area contributed by atoms with Gasteiger partial charge in [-0.25, -0.2) is 0 Å². The number of rotatable bonds is 0. The number of aliphatic hydroxyl groups is 1. The Labute approximate surface area is 134 Å². The zero-order chi connectivity index (χ0) is 15.9. The van der Waals surface area contributed by atoms with Crippen molar-refractivity contribution in [2.75, 3.05) is 0 Å². The largest absolute Gasteiger partial charge is 0.508 e. The average molecular weight is 302 g/mol. The van der Waals surface area contributed by atoms with Crippen LogP contribution < -0.4 is 0 Å². The van der Waals surface area contributed by atoms with Crippen LogP contribution in [0.15, 0.2) is 18.2 Å². The van der Waals surface area contributed by atoms with Crippen LogP contribution >= 0.6 is 0 Å². The Bertz CT molecular complexity index is 535. The highest BCUT2D eigenvalue weighted by Crippen LogP contribution is 2.48. The van der Waals surface area contributed by atoms with Crippen molar-refractivity contribution in [2.45, 2.75) is 71.3 Å². The summed E-state index contributed by atoms with van der Waals surface area (Å²) in [5, 5.41) is 20.3. The summed E-state index contributed by atoms with van der Waals surface area (Å²) >= 11 is 0. The maximum atomic E-state index is 10.5. The van der Waals surface area contributed by atoms with E-state index in [4.69, 9.17) is 0 Å². The van der Waals surface area contributed by atoms with Crippen LogP contribution in [0.3, 0.4) is 0 Å². The van der Waals surface area contributed by atoms with E-state index < -0.39 is 0 Å². The molecule has 0 saturated heterocycles. The molecule has 22 heavy (non-hydrogen) atoms. The van der Waals surface area contributed by atoms with Gasteiger partial charge in [-0.1, -0.05) is 33.3 Å². The minimum atomic E-state index is -0.178. The SMILES string of the molecule is C[C@@H]1Cc2cc(O)ccc2C2CCC(C)(C)C(O)CCCC21. The van der Waals surface area contributed by atoms with Crippen molar-refractivity contribution in [3.8, 4) is 5.75 Å². The molecule has 1 aromatic carbocycles. The second-order valence-electron chi connectivity index (χ2n) is 8.31. The third-order valence-corrected chi connectivity index (χ3v) is 6.33. The highest BCUT2D eigenvalue weighted by atomic mass is 16.3. The van der Waals surface area contributed by atoms with Gasteiger partial charge in [0.15, 0.2) is 0 Å². The Morgan fingerprint density at radius 3 is 2.68 bits per heavy atom. The third-order valence-electron chi connectivity index (χ3n) is 6.33. The molecule has 1 fully saturated rings. The zero-order valence-corrected chi connectivity index (χ0v) is 14.2. The summed E-state index contributed by atoms with van der Waals surface area (Å²) in [6, 6.07) is 5.96. The number of aliphatic hydroxyl groups excluding tert-OH is 1. The van der Waals surface area contributed by atoms with Crippen molar-refractivity contribution in [1.82, 2.24) is 0 Å². The van der Waals surface area contributed by atoms with Gasteiger partial charge >= 0.3 is 0 Å². The van der Waals surface area contributed by atoms with Gasteiger partial charge in [-0.2, -0.15) is 0 Å². The molecule has 0 bridgehead atoms.